The highest BCUT2D eigenvalue weighted by Crippen LogP contribution is 2.27. The van der Waals surface area contributed by atoms with Gasteiger partial charge < -0.3 is 10.0 Å². The van der Waals surface area contributed by atoms with Crippen molar-refractivity contribution in [3.05, 3.63) is 65.7 Å². The van der Waals surface area contributed by atoms with Gasteiger partial charge in [-0.25, -0.2) is 17.6 Å². The number of hydrogen-bond donors (Lipinski definition) is 1. The highest BCUT2D eigenvalue weighted by Gasteiger charge is 2.47. The van der Waals surface area contributed by atoms with E-state index in [1.807, 2.05) is 0 Å². The molecule has 1 atom stereocenters. The Kier molecular flexibility index (Phi) is 5.01. The number of carboxylic acid groups (broad SMARTS) is 1. The molecule has 1 fully saturated rings. The van der Waals surface area contributed by atoms with Crippen molar-refractivity contribution in [1.29, 1.82) is 0 Å². The van der Waals surface area contributed by atoms with Gasteiger partial charge in [-0.3, -0.25) is 4.79 Å². The lowest BCUT2D eigenvalue weighted by molar-refractivity contribution is -0.149. The first-order chi connectivity index (χ1) is 12.7. The molecular formula is C19H18FNO5S. The van der Waals surface area contributed by atoms with E-state index in [1.165, 1.54) is 24.3 Å². The van der Waals surface area contributed by atoms with Crippen LogP contribution >= 0.6 is 0 Å². The molecule has 0 aromatic heterocycles. The Morgan fingerprint density at radius 3 is 2.44 bits per heavy atom. The molecule has 1 amide bonds. The third-order valence-electron chi connectivity index (χ3n) is 4.53. The number of sulfone groups is 1. The van der Waals surface area contributed by atoms with Crippen LogP contribution in [0.4, 0.5) is 4.39 Å². The molecule has 1 saturated heterocycles. The van der Waals surface area contributed by atoms with Gasteiger partial charge in [-0.2, -0.15) is 0 Å². The molecule has 6 nitrogen and oxygen atoms in total. The number of likely N-dealkylation sites (tertiary alicyclic amines) is 1. The zero-order chi connectivity index (χ0) is 19.7. The molecule has 1 aliphatic heterocycles. The standard InChI is InChI=1S/C19H18FNO5S/c20-19(18(23)24)9-10-21(13-19)17(22)15-7-4-8-16(11-15)27(25,26)12-14-5-2-1-3-6-14/h1-8,11H,9-10,12-13H2,(H,23,24). The number of nitrogens with zero attached hydrogens (tertiary/aromatic N) is 1. The minimum atomic E-state index is -3.67. The fourth-order valence-electron chi connectivity index (χ4n) is 3.00. The van der Waals surface area contributed by atoms with Crippen molar-refractivity contribution in [2.24, 2.45) is 0 Å². The highest BCUT2D eigenvalue weighted by atomic mass is 32.2. The van der Waals surface area contributed by atoms with Crippen molar-refractivity contribution in [3.63, 3.8) is 0 Å². The SMILES string of the molecule is O=C(c1cccc(S(=O)(=O)Cc2ccccc2)c1)N1CCC(F)(C(=O)O)C1. The molecule has 0 radical (unpaired) electrons. The summed E-state index contributed by atoms with van der Waals surface area (Å²) in [6.07, 6.45) is -0.292. The van der Waals surface area contributed by atoms with E-state index in [0.29, 0.717) is 5.56 Å². The number of carbonyl (C=O) groups excluding carboxylic acids is 1. The summed E-state index contributed by atoms with van der Waals surface area (Å²) < 4.78 is 39.4. The van der Waals surface area contributed by atoms with Crippen molar-refractivity contribution in [2.75, 3.05) is 13.1 Å². The predicted molar refractivity (Wildman–Crippen MR) is 95.8 cm³/mol. The summed E-state index contributed by atoms with van der Waals surface area (Å²) in [6.45, 7) is -0.592. The normalized spacial score (nSPS) is 19.8. The van der Waals surface area contributed by atoms with E-state index in [-0.39, 0.29) is 29.2 Å². The van der Waals surface area contributed by atoms with Crippen LogP contribution in [0.2, 0.25) is 0 Å². The molecule has 1 unspecified atom stereocenters. The number of benzene rings is 2. The zero-order valence-corrected chi connectivity index (χ0v) is 15.2. The molecule has 0 bridgehead atoms. The maximum Gasteiger partial charge on any atom is 0.343 e. The predicted octanol–water partition coefficient (Wildman–Crippen LogP) is 2.30. The molecule has 1 aliphatic rings. The van der Waals surface area contributed by atoms with Crippen LogP contribution in [0.25, 0.3) is 0 Å². The second kappa shape index (κ2) is 7.11. The first-order valence-corrected chi connectivity index (χ1v) is 9.95. The van der Waals surface area contributed by atoms with Gasteiger partial charge in [0.15, 0.2) is 9.84 Å². The van der Waals surface area contributed by atoms with E-state index in [1.54, 1.807) is 30.3 Å². The first kappa shape index (κ1) is 19.0. The average molecular weight is 391 g/mol. The van der Waals surface area contributed by atoms with E-state index in [4.69, 9.17) is 5.11 Å². The average Bonchev–Trinajstić information content (AvgIpc) is 3.05. The van der Waals surface area contributed by atoms with Crippen LogP contribution in [0.3, 0.4) is 0 Å². The highest BCUT2D eigenvalue weighted by molar-refractivity contribution is 7.90. The smallest absolute Gasteiger partial charge is 0.343 e. The number of carboxylic acids is 1. The van der Waals surface area contributed by atoms with Crippen molar-refractivity contribution in [3.8, 4) is 0 Å². The lowest BCUT2D eigenvalue weighted by Gasteiger charge is -2.18. The van der Waals surface area contributed by atoms with Crippen LogP contribution in [-0.2, 0) is 20.4 Å². The third-order valence-corrected chi connectivity index (χ3v) is 6.22. The fraction of sp³-hybridized carbons (Fsp3) is 0.263. The van der Waals surface area contributed by atoms with Crippen molar-refractivity contribution < 1.29 is 27.5 Å². The summed E-state index contributed by atoms with van der Waals surface area (Å²) in [5, 5.41) is 8.94. The number of halogens is 1. The molecule has 0 aliphatic carbocycles. The van der Waals surface area contributed by atoms with Crippen LogP contribution in [0.5, 0.6) is 0 Å². The van der Waals surface area contributed by atoms with Gasteiger partial charge in [-0.1, -0.05) is 36.4 Å². The molecule has 27 heavy (non-hydrogen) atoms. The van der Waals surface area contributed by atoms with Crippen LogP contribution in [0.1, 0.15) is 22.3 Å². The number of hydrogen-bond acceptors (Lipinski definition) is 4. The second-order valence-electron chi connectivity index (χ2n) is 6.52. The Morgan fingerprint density at radius 2 is 1.81 bits per heavy atom. The van der Waals surface area contributed by atoms with Crippen molar-refractivity contribution >= 4 is 21.7 Å². The molecule has 3 rings (SSSR count). The number of alkyl halides is 1. The monoisotopic (exact) mass is 391 g/mol. The molecule has 1 heterocycles. The Bertz CT molecular complexity index is 977. The quantitative estimate of drug-likeness (QED) is 0.844. The summed E-state index contributed by atoms with van der Waals surface area (Å²) in [5.74, 6) is -2.40. The van der Waals surface area contributed by atoms with Gasteiger partial charge in [0.25, 0.3) is 5.91 Å². The lowest BCUT2D eigenvalue weighted by atomic mass is 10.1. The van der Waals surface area contributed by atoms with Gasteiger partial charge in [0.05, 0.1) is 17.2 Å². The lowest BCUT2D eigenvalue weighted by Crippen LogP contribution is -2.38. The Balaban J connectivity index is 1.81. The molecular weight excluding hydrogens is 373 g/mol. The minimum Gasteiger partial charge on any atom is -0.479 e. The van der Waals surface area contributed by atoms with E-state index in [2.05, 4.69) is 0 Å². The second-order valence-corrected chi connectivity index (χ2v) is 8.51. The largest absolute Gasteiger partial charge is 0.479 e. The van der Waals surface area contributed by atoms with E-state index in [0.717, 1.165) is 4.90 Å². The molecule has 0 spiro atoms. The fourth-order valence-corrected chi connectivity index (χ4v) is 4.39. The van der Waals surface area contributed by atoms with Gasteiger partial charge in [-0.15, -0.1) is 0 Å². The zero-order valence-electron chi connectivity index (χ0n) is 14.3. The van der Waals surface area contributed by atoms with Crippen LogP contribution in [-0.4, -0.2) is 49.1 Å². The van der Waals surface area contributed by atoms with Crippen molar-refractivity contribution in [2.45, 2.75) is 22.7 Å². The van der Waals surface area contributed by atoms with Gasteiger partial charge >= 0.3 is 5.97 Å². The van der Waals surface area contributed by atoms with Gasteiger partial charge in [0.2, 0.25) is 5.67 Å². The molecule has 2 aromatic rings. The van der Waals surface area contributed by atoms with E-state index in [9.17, 15) is 22.4 Å². The van der Waals surface area contributed by atoms with Gasteiger partial charge in [0, 0.05) is 18.5 Å². The Labute approximate surface area is 156 Å². The van der Waals surface area contributed by atoms with Crippen molar-refractivity contribution in [1.82, 2.24) is 4.90 Å². The van der Waals surface area contributed by atoms with E-state index < -0.39 is 33.9 Å². The molecule has 8 heteroatoms. The topological polar surface area (TPSA) is 91.8 Å². The number of rotatable bonds is 5. The summed E-state index contributed by atoms with van der Waals surface area (Å²) in [5.41, 5.74) is -1.76. The van der Waals surface area contributed by atoms with E-state index >= 15 is 0 Å². The van der Waals surface area contributed by atoms with Gasteiger partial charge in [-0.05, 0) is 23.8 Å². The number of carbonyl (C=O) groups is 2. The van der Waals surface area contributed by atoms with Gasteiger partial charge in [0.1, 0.15) is 0 Å². The number of amides is 1. The summed E-state index contributed by atoms with van der Waals surface area (Å²) in [6, 6.07) is 14.2. The summed E-state index contributed by atoms with van der Waals surface area (Å²) in [7, 11) is -3.67. The molecule has 0 saturated carbocycles. The first-order valence-electron chi connectivity index (χ1n) is 8.30. The molecule has 2 aromatic carbocycles. The Hall–Kier alpha value is -2.74. The van der Waals surface area contributed by atoms with Crippen LogP contribution < -0.4 is 0 Å². The molecule has 1 N–H and O–H groups in total. The van der Waals surface area contributed by atoms with Crippen LogP contribution in [0, 0.1) is 0 Å². The maximum absolute atomic E-state index is 14.2. The molecule has 142 valence electrons. The van der Waals surface area contributed by atoms with Crippen LogP contribution in [0.15, 0.2) is 59.5 Å². The minimum absolute atomic E-state index is 0.0128. The Morgan fingerprint density at radius 1 is 1.11 bits per heavy atom. The maximum atomic E-state index is 14.2. The summed E-state index contributed by atoms with van der Waals surface area (Å²) >= 11 is 0. The summed E-state index contributed by atoms with van der Waals surface area (Å²) in [4.78, 5) is 24.6. The number of aliphatic carboxylic acids is 1. The third kappa shape index (κ3) is 4.00.